The molecule has 1 N–H and O–H groups in total. The number of benzene rings is 1. The Bertz CT molecular complexity index is 1590. The maximum atomic E-state index is 13.9. The first-order valence-corrected chi connectivity index (χ1v) is 12.0. The van der Waals surface area contributed by atoms with E-state index in [1.54, 1.807) is 37.3 Å². The number of amides is 1. The smallest absolute Gasteiger partial charge is 0.264 e. The van der Waals surface area contributed by atoms with Crippen molar-refractivity contribution < 1.29 is 18.0 Å². The summed E-state index contributed by atoms with van der Waals surface area (Å²) in [6.45, 7) is 1.49. The third kappa shape index (κ3) is 5.04. The number of carbonyl (C=O) groups excluding carboxylic acids is 1. The molecular weight excluding hydrogens is 549 g/mol. The number of hydrogen-bond acceptors (Lipinski definition) is 5. The highest BCUT2D eigenvalue weighted by Gasteiger charge is 2.23. The van der Waals surface area contributed by atoms with Crippen LogP contribution in [0.1, 0.15) is 23.2 Å². The molecule has 0 fully saturated rings. The molecule has 0 atom stereocenters. The number of fused-ring (bicyclic) bond motifs is 1. The number of alkyl halides is 2. The van der Waals surface area contributed by atoms with Gasteiger partial charge in [0.15, 0.2) is 17.2 Å². The van der Waals surface area contributed by atoms with Crippen molar-refractivity contribution in [1.82, 2.24) is 24.5 Å². The number of pyridine rings is 1. The fourth-order valence-corrected chi connectivity index (χ4v) is 4.65. The Morgan fingerprint density at radius 3 is 2.54 bits per heavy atom. The van der Waals surface area contributed by atoms with E-state index in [1.807, 2.05) is 0 Å². The number of nitrogens with one attached hydrogen (secondary N) is 1. The first-order valence-electron chi connectivity index (χ1n) is 10.9. The maximum absolute atomic E-state index is 13.9. The Morgan fingerprint density at radius 2 is 1.86 bits per heavy atom. The molecular formula is C24H17Cl3F2N6O2. The lowest BCUT2D eigenvalue weighted by molar-refractivity contribution is -0.116. The molecule has 0 unspecified atom stereocenters. The number of anilines is 1. The second-order valence-corrected chi connectivity index (χ2v) is 9.31. The molecule has 0 aliphatic heterocycles. The number of aromatic nitrogens is 5. The summed E-state index contributed by atoms with van der Waals surface area (Å²) >= 11 is 18.7. The molecule has 1 aromatic carbocycles. The standard InChI is InChI=1S/C24H17Cl3F2N6O2/c1-12-21-13(22(28)29)8-18(19-6-3-7-37-19)30-24(21)35(32-12)11-20(36)31-23-17(27)10-34(33-23)9-14-15(25)4-2-5-16(14)26/h2-8,10,22H,9,11H2,1H3,(H,31,33,36). The number of aryl methyl sites for hydroxylation is 1. The molecule has 0 bridgehead atoms. The SMILES string of the molecule is Cc1nn(CC(=O)Nc2nn(Cc3c(Cl)cccc3Cl)cc2Cl)c2nc(-c3ccco3)cc(C(F)F)c12. The first kappa shape index (κ1) is 25.2. The molecule has 13 heteroatoms. The molecule has 0 spiro atoms. The van der Waals surface area contributed by atoms with E-state index < -0.39 is 12.3 Å². The second kappa shape index (κ2) is 10.1. The van der Waals surface area contributed by atoms with Gasteiger partial charge in [-0.3, -0.25) is 9.48 Å². The zero-order valence-corrected chi connectivity index (χ0v) is 21.3. The number of nitrogens with zero attached hydrogens (tertiary/aromatic N) is 5. The van der Waals surface area contributed by atoms with Crippen molar-refractivity contribution in [2.45, 2.75) is 26.4 Å². The quantitative estimate of drug-likeness (QED) is 0.235. The summed E-state index contributed by atoms with van der Waals surface area (Å²) < 4.78 is 35.9. The fourth-order valence-electron chi connectivity index (χ4n) is 3.94. The van der Waals surface area contributed by atoms with Crippen molar-refractivity contribution in [2.75, 3.05) is 5.32 Å². The topological polar surface area (TPSA) is 90.8 Å². The Morgan fingerprint density at radius 1 is 1.11 bits per heavy atom. The molecule has 0 radical (unpaired) electrons. The van der Waals surface area contributed by atoms with Crippen LogP contribution in [0.3, 0.4) is 0 Å². The van der Waals surface area contributed by atoms with E-state index in [0.29, 0.717) is 27.1 Å². The van der Waals surface area contributed by atoms with Crippen LogP contribution in [0.5, 0.6) is 0 Å². The predicted molar refractivity (Wildman–Crippen MR) is 136 cm³/mol. The number of rotatable bonds is 7. The summed E-state index contributed by atoms with van der Waals surface area (Å²) in [5, 5.41) is 12.5. The average Bonchev–Trinajstić information content (AvgIpc) is 3.57. The van der Waals surface area contributed by atoms with Gasteiger partial charge < -0.3 is 9.73 Å². The number of halogens is 5. The second-order valence-electron chi connectivity index (χ2n) is 8.09. The van der Waals surface area contributed by atoms with Gasteiger partial charge >= 0.3 is 0 Å². The number of hydrogen-bond donors (Lipinski definition) is 1. The normalized spacial score (nSPS) is 11.5. The van der Waals surface area contributed by atoms with Crippen LogP contribution in [0.2, 0.25) is 15.1 Å². The van der Waals surface area contributed by atoms with Crippen molar-refractivity contribution >= 4 is 57.6 Å². The van der Waals surface area contributed by atoms with Crippen LogP contribution in [-0.4, -0.2) is 30.5 Å². The highest BCUT2D eigenvalue weighted by molar-refractivity contribution is 6.36. The van der Waals surface area contributed by atoms with Gasteiger partial charge in [0.25, 0.3) is 6.43 Å². The van der Waals surface area contributed by atoms with Gasteiger partial charge in [-0.2, -0.15) is 10.2 Å². The molecule has 190 valence electrons. The van der Waals surface area contributed by atoms with Crippen LogP contribution in [0.25, 0.3) is 22.5 Å². The van der Waals surface area contributed by atoms with Crippen molar-refractivity contribution in [2.24, 2.45) is 0 Å². The third-order valence-electron chi connectivity index (χ3n) is 5.57. The molecule has 0 aliphatic rings. The minimum Gasteiger partial charge on any atom is -0.463 e. The number of carbonyl (C=O) groups is 1. The van der Waals surface area contributed by atoms with E-state index >= 15 is 0 Å². The van der Waals surface area contributed by atoms with E-state index in [9.17, 15) is 13.6 Å². The minimum absolute atomic E-state index is 0.112. The van der Waals surface area contributed by atoms with Gasteiger partial charge in [-0.25, -0.2) is 18.4 Å². The fraction of sp³-hybridized carbons (Fsp3) is 0.167. The van der Waals surface area contributed by atoms with Crippen LogP contribution < -0.4 is 5.32 Å². The van der Waals surface area contributed by atoms with Crippen molar-refractivity contribution in [1.29, 1.82) is 0 Å². The lowest BCUT2D eigenvalue weighted by Crippen LogP contribution is -2.20. The van der Waals surface area contributed by atoms with Crippen LogP contribution >= 0.6 is 34.8 Å². The Balaban J connectivity index is 1.41. The molecule has 5 aromatic rings. The predicted octanol–water partition coefficient (Wildman–Crippen LogP) is 6.78. The van der Waals surface area contributed by atoms with E-state index in [0.717, 1.165) is 0 Å². The third-order valence-corrected chi connectivity index (χ3v) is 6.55. The molecule has 37 heavy (non-hydrogen) atoms. The van der Waals surface area contributed by atoms with Crippen LogP contribution in [0, 0.1) is 6.92 Å². The summed E-state index contributed by atoms with van der Waals surface area (Å²) in [5.41, 5.74) is 1.04. The maximum Gasteiger partial charge on any atom is 0.264 e. The average molecular weight is 566 g/mol. The molecule has 0 saturated heterocycles. The van der Waals surface area contributed by atoms with Crippen LogP contribution in [0.4, 0.5) is 14.6 Å². The Hall–Kier alpha value is -3.47. The van der Waals surface area contributed by atoms with E-state index in [4.69, 9.17) is 39.2 Å². The summed E-state index contributed by atoms with van der Waals surface area (Å²) in [6, 6.07) is 9.64. The van der Waals surface area contributed by atoms with E-state index in [2.05, 4.69) is 20.5 Å². The van der Waals surface area contributed by atoms with Gasteiger partial charge in [-0.15, -0.1) is 0 Å². The molecule has 5 rings (SSSR count). The van der Waals surface area contributed by atoms with E-state index in [1.165, 1.54) is 27.9 Å². The minimum atomic E-state index is -2.78. The van der Waals surface area contributed by atoms with Crippen molar-refractivity contribution in [3.05, 3.63) is 80.7 Å². The molecule has 4 aromatic heterocycles. The molecule has 1 amide bonds. The lowest BCUT2D eigenvalue weighted by Gasteiger charge is -2.08. The highest BCUT2D eigenvalue weighted by Crippen LogP contribution is 2.33. The van der Waals surface area contributed by atoms with Gasteiger partial charge in [0.05, 0.1) is 23.9 Å². The van der Waals surface area contributed by atoms with Crippen molar-refractivity contribution in [3.8, 4) is 11.5 Å². The molecule has 8 nitrogen and oxygen atoms in total. The van der Waals surface area contributed by atoms with Crippen LogP contribution in [0.15, 0.2) is 53.3 Å². The van der Waals surface area contributed by atoms with E-state index in [-0.39, 0.29) is 46.2 Å². The zero-order chi connectivity index (χ0) is 26.3. The summed E-state index contributed by atoms with van der Waals surface area (Å²) in [7, 11) is 0. The summed E-state index contributed by atoms with van der Waals surface area (Å²) in [6.07, 6.45) is 0.164. The van der Waals surface area contributed by atoms with Gasteiger partial charge in [0.2, 0.25) is 5.91 Å². The Kier molecular flexibility index (Phi) is 6.89. The van der Waals surface area contributed by atoms with Crippen LogP contribution in [-0.2, 0) is 17.9 Å². The molecule has 0 saturated carbocycles. The van der Waals surface area contributed by atoms with Gasteiger partial charge in [0.1, 0.15) is 17.3 Å². The zero-order valence-electron chi connectivity index (χ0n) is 19.1. The summed E-state index contributed by atoms with van der Waals surface area (Å²) in [5.74, 6) is -0.105. The molecule has 4 heterocycles. The van der Waals surface area contributed by atoms with Crippen molar-refractivity contribution in [3.63, 3.8) is 0 Å². The lowest BCUT2D eigenvalue weighted by atomic mass is 10.1. The summed E-state index contributed by atoms with van der Waals surface area (Å²) in [4.78, 5) is 17.3. The van der Waals surface area contributed by atoms with Gasteiger partial charge in [-0.1, -0.05) is 40.9 Å². The number of furan rings is 1. The van der Waals surface area contributed by atoms with Gasteiger partial charge in [-0.05, 0) is 37.3 Å². The van der Waals surface area contributed by atoms with Gasteiger partial charge in [0, 0.05) is 27.4 Å². The molecule has 0 aliphatic carbocycles. The first-order chi connectivity index (χ1) is 17.7. The highest BCUT2D eigenvalue weighted by atomic mass is 35.5. The monoisotopic (exact) mass is 564 g/mol. The largest absolute Gasteiger partial charge is 0.463 e. The Labute approximate surface area is 223 Å².